The summed E-state index contributed by atoms with van der Waals surface area (Å²) in [7, 11) is 2.04. The van der Waals surface area contributed by atoms with Gasteiger partial charge in [-0.25, -0.2) is 0 Å². The predicted octanol–water partition coefficient (Wildman–Crippen LogP) is 2.80. The van der Waals surface area contributed by atoms with Crippen molar-refractivity contribution < 1.29 is 0 Å². The Morgan fingerprint density at radius 1 is 1.40 bits per heavy atom. The van der Waals surface area contributed by atoms with Gasteiger partial charge in [-0.2, -0.15) is 0 Å². The lowest BCUT2D eigenvalue weighted by Crippen LogP contribution is -2.16. The first-order chi connectivity index (χ1) is 7.08. The highest BCUT2D eigenvalue weighted by atomic mass is 14.8. The van der Waals surface area contributed by atoms with Crippen molar-refractivity contribution in [2.45, 2.75) is 32.6 Å². The molecule has 1 N–H and O–H groups in total. The molecule has 1 nitrogen and oxygen atoms in total. The van der Waals surface area contributed by atoms with Crippen LogP contribution in [0, 0.1) is 19.8 Å². The third kappa shape index (κ3) is 1.81. The molecular formula is C14H21N. The molecular weight excluding hydrogens is 182 g/mol. The summed E-state index contributed by atoms with van der Waals surface area (Å²) in [5.41, 5.74) is 4.80. The van der Waals surface area contributed by atoms with E-state index < -0.39 is 0 Å². The van der Waals surface area contributed by atoms with Crippen LogP contribution in [0.4, 0.5) is 0 Å². The van der Waals surface area contributed by atoms with Gasteiger partial charge in [-0.3, -0.25) is 0 Å². The molecule has 1 fully saturated rings. The van der Waals surface area contributed by atoms with Crippen LogP contribution in [0.15, 0.2) is 18.2 Å². The molecule has 1 aromatic carbocycles. The van der Waals surface area contributed by atoms with E-state index in [9.17, 15) is 0 Å². The predicted molar refractivity (Wildman–Crippen MR) is 65.3 cm³/mol. The summed E-state index contributed by atoms with van der Waals surface area (Å²) in [6.07, 6.45) is 1.33. The van der Waals surface area contributed by atoms with Crippen molar-refractivity contribution in [2.75, 3.05) is 13.6 Å². The van der Waals surface area contributed by atoms with E-state index in [1.807, 2.05) is 7.05 Å². The maximum atomic E-state index is 3.29. The molecule has 0 saturated heterocycles. The Morgan fingerprint density at radius 3 is 2.73 bits per heavy atom. The number of aryl methyl sites for hydroxylation is 2. The quantitative estimate of drug-likeness (QED) is 0.796. The van der Waals surface area contributed by atoms with Crippen molar-refractivity contribution in [3.8, 4) is 0 Å². The lowest BCUT2D eigenvalue weighted by Gasteiger charge is -2.15. The maximum absolute atomic E-state index is 3.29. The fraction of sp³-hybridized carbons (Fsp3) is 0.571. The van der Waals surface area contributed by atoms with Crippen LogP contribution >= 0.6 is 0 Å². The first-order valence-corrected chi connectivity index (χ1v) is 5.80. The fourth-order valence-corrected chi connectivity index (χ4v) is 2.78. The molecule has 82 valence electrons. The van der Waals surface area contributed by atoms with Crippen LogP contribution < -0.4 is 5.32 Å². The van der Waals surface area contributed by atoms with E-state index in [0.29, 0.717) is 5.41 Å². The van der Waals surface area contributed by atoms with Crippen LogP contribution in [0.5, 0.6) is 0 Å². The first-order valence-electron chi connectivity index (χ1n) is 5.80. The second kappa shape index (κ2) is 3.64. The molecule has 1 heteroatoms. The molecule has 0 amide bonds. The van der Waals surface area contributed by atoms with Gasteiger partial charge in [0.25, 0.3) is 0 Å². The summed E-state index contributed by atoms with van der Waals surface area (Å²) in [6.45, 7) is 7.94. The molecule has 1 aromatic rings. The molecule has 0 spiro atoms. The Morgan fingerprint density at radius 2 is 2.13 bits per heavy atom. The normalized spacial score (nSPS) is 29.2. The van der Waals surface area contributed by atoms with Gasteiger partial charge in [-0.15, -0.1) is 0 Å². The number of benzene rings is 1. The lowest BCUT2D eigenvalue weighted by molar-refractivity contribution is 0.615. The van der Waals surface area contributed by atoms with Gasteiger partial charge in [0.1, 0.15) is 0 Å². The lowest BCUT2D eigenvalue weighted by atomic mass is 9.90. The highest BCUT2D eigenvalue weighted by Crippen LogP contribution is 2.54. The molecule has 0 bridgehead atoms. The van der Waals surface area contributed by atoms with Crippen LogP contribution in [-0.2, 0) is 5.41 Å². The van der Waals surface area contributed by atoms with Gasteiger partial charge in [-0.05, 0) is 56.3 Å². The van der Waals surface area contributed by atoms with Crippen molar-refractivity contribution in [2.24, 2.45) is 5.92 Å². The van der Waals surface area contributed by atoms with E-state index in [1.54, 1.807) is 5.56 Å². The molecule has 0 aliphatic heterocycles. The van der Waals surface area contributed by atoms with E-state index in [4.69, 9.17) is 0 Å². The smallest absolute Gasteiger partial charge is 0.00148 e. The summed E-state index contributed by atoms with van der Waals surface area (Å²) >= 11 is 0. The second-order valence-corrected chi connectivity index (χ2v) is 5.19. The van der Waals surface area contributed by atoms with Gasteiger partial charge >= 0.3 is 0 Å². The molecule has 0 heterocycles. The Hall–Kier alpha value is -0.820. The summed E-state index contributed by atoms with van der Waals surface area (Å²) in [6, 6.07) is 6.86. The average Bonchev–Trinajstić information content (AvgIpc) is 2.78. The van der Waals surface area contributed by atoms with E-state index >= 15 is 0 Å². The Labute approximate surface area is 92.9 Å². The van der Waals surface area contributed by atoms with Gasteiger partial charge < -0.3 is 5.32 Å². The zero-order chi connectivity index (χ0) is 11.1. The zero-order valence-corrected chi connectivity index (χ0v) is 10.2. The van der Waals surface area contributed by atoms with Gasteiger partial charge in [0.15, 0.2) is 0 Å². The van der Waals surface area contributed by atoms with Crippen LogP contribution in [0.1, 0.15) is 30.0 Å². The molecule has 0 radical (unpaired) electrons. The molecule has 1 aliphatic carbocycles. The third-order valence-corrected chi connectivity index (χ3v) is 3.86. The minimum atomic E-state index is 0.431. The fourth-order valence-electron chi connectivity index (χ4n) is 2.78. The number of hydrogen-bond donors (Lipinski definition) is 1. The van der Waals surface area contributed by atoms with Crippen LogP contribution in [0.2, 0.25) is 0 Å². The van der Waals surface area contributed by atoms with Gasteiger partial charge in [-0.1, -0.05) is 30.7 Å². The van der Waals surface area contributed by atoms with E-state index in [0.717, 1.165) is 12.5 Å². The number of hydrogen-bond acceptors (Lipinski definition) is 1. The molecule has 1 aliphatic rings. The Kier molecular flexibility index (Phi) is 2.59. The van der Waals surface area contributed by atoms with Gasteiger partial charge in [0.2, 0.25) is 0 Å². The molecule has 15 heavy (non-hydrogen) atoms. The standard InChI is InChI=1S/C14H21N/c1-10-5-6-13(11(2)7-10)14(3)8-12(14)9-15-4/h5-7,12,15H,8-9H2,1-4H3. The average molecular weight is 203 g/mol. The summed E-state index contributed by atoms with van der Waals surface area (Å²) in [5, 5.41) is 3.29. The highest BCUT2D eigenvalue weighted by Gasteiger charge is 2.50. The van der Waals surface area contributed by atoms with Crippen molar-refractivity contribution in [1.82, 2.24) is 5.32 Å². The van der Waals surface area contributed by atoms with Crippen molar-refractivity contribution >= 4 is 0 Å². The molecule has 2 rings (SSSR count). The molecule has 1 saturated carbocycles. The Bertz CT molecular complexity index is 370. The minimum absolute atomic E-state index is 0.431. The largest absolute Gasteiger partial charge is 0.319 e. The van der Waals surface area contributed by atoms with E-state index in [-0.39, 0.29) is 0 Å². The van der Waals surface area contributed by atoms with Crippen LogP contribution in [0.3, 0.4) is 0 Å². The third-order valence-electron chi connectivity index (χ3n) is 3.86. The zero-order valence-electron chi connectivity index (χ0n) is 10.2. The monoisotopic (exact) mass is 203 g/mol. The van der Waals surface area contributed by atoms with Gasteiger partial charge in [0, 0.05) is 0 Å². The van der Waals surface area contributed by atoms with E-state index in [2.05, 4.69) is 44.3 Å². The summed E-state index contributed by atoms with van der Waals surface area (Å²) in [5.74, 6) is 0.823. The van der Waals surface area contributed by atoms with Crippen LogP contribution in [-0.4, -0.2) is 13.6 Å². The first kappa shape index (κ1) is 10.7. The highest BCUT2D eigenvalue weighted by molar-refractivity contribution is 5.40. The SMILES string of the molecule is CNCC1CC1(C)c1ccc(C)cc1C. The topological polar surface area (TPSA) is 12.0 Å². The number of rotatable bonds is 3. The van der Waals surface area contributed by atoms with E-state index in [1.165, 1.54) is 17.5 Å². The molecule has 0 aromatic heterocycles. The van der Waals surface area contributed by atoms with Crippen molar-refractivity contribution in [3.05, 3.63) is 34.9 Å². The summed E-state index contributed by atoms with van der Waals surface area (Å²) in [4.78, 5) is 0. The maximum Gasteiger partial charge on any atom is -0.00148 e. The van der Waals surface area contributed by atoms with Crippen molar-refractivity contribution in [3.63, 3.8) is 0 Å². The summed E-state index contributed by atoms with van der Waals surface area (Å²) < 4.78 is 0. The Balaban J connectivity index is 2.24. The number of nitrogens with one attached hydrogen (secondary N) is 1. The minimum Gasteiger partial charge on any atom is -0.319 e. The molecule has 2 unspecified atom stereocenters. The van der Waals surface area contributed by atoms with Gasteiger partial charge in [0.05, 0.1) is 0 Å². The van der Waals surface area contributed by atoms with Crippen LogP contribution in [0.25, 0.3) is 0 Å². The molecule has 2 atom stereocenters. The van der Waals surface area contributed by atoms with Crippen molar-refractivity contribution in [1.29, 1.82) is 0 Å². The second-order valence-electron chi connectivity index (χ2n) is 5.19.